The summed E-state index contributed by atoms with van der Waals surface area (Å²) in [6, 6.07) is 17.8. The Labute approximate surface area is 224 Å². The van der Waals surface area contributed by atoms with E-state index in [2.05, 4.69) is 9.62 Å². The van der Waals surface area contributed by atoms with Gasteiger partial charge in [0.1, 0.15) is 5.82 Å². The zero-order chi connectivity index (χ0) is 27.3. The van der Waals surface area contributed by atoms with Crippen molar-refractivity contribution in [3.05, 3.63) is 83.7 Å². The predicted molar refractivity (Wildman–Crippen MR) is 147 cm³/mol. The van der Waals surface area contributed by atoms with Gasteiger partial charge in [0.05, 0.1) is 15.5 Å². The zero-order valence-electron chi connectivity index (χ0n) is 21.7. The van der Waals surface area contributed by atoms with Crippen LogP contribution in [0.3, 0.4) is 0 Å². The number of likely N-dealkylation sites (N-methyl/N-ethyl adjacent to an activating group) is 1. The number of anilines is 2. The maximum absolute atomic E-state index is 13.9. The molecule has 0 bridgehead atoms. The van der Waals surface area contributed by atoms with Crippen molar-refractivity contribution in [1.82, 2.24) is 4.31 Å². The smallest absolute Gasteiger partial charge is 0.261 e. The van der Waals surface area contributed by atoms with Crippen LogP contribution in [0.25, 0.3) is 0 Å². The second-order valence-corrected chi connectivity index (χ2v) is 14.4. The molecule has 0 saturated heterocycles. The molecule has 5 rings (SSSR count). The maximum Gasteiger partial charge on any atom is 0.261 e. The fraction of sp³-hybridized carbons (Fsp3) is 0.357. The topological polar surface area (TPSA) is 86.8 Å². The van der Waals surface area contributed by atoms with Crippen LogP contribution in [0, 0.1) is 5.82 Å². The number of benzene rings is 3. The summed E-state index contributed by atoms with van der Waals surface area (Å²) in [7, 11) is -2.73. The average Bonchev–Trinajstić information content (AvgIpc) is 3.14. The molecule has 1 heterocycles. The first kappa shape index (κ1) is 26.6. The largest absolute Gasteiger partial charge is 0.373 e. The van der Waals surface area contributed by atoms with Gasteiger partial charge < -0.3 is 4.90 Å². The highest BCUT2D eigenvalue weighted by molar-refractivity contribution is 7.92. The molecule has 7 nitrogen and oxygen atoms in total. The Morgan fingerprint density at radius 1 is 0.921 bits per heavy atom. The van der Waals surface area contributed by atoms with Crippen LogP contribution in [0.4, 0.5) is 15.8 Å². The minimum Gasteiger partial charge on any atom is -0.373 e. The van der Waals surface area contributed by atoms with Crippen LogP contribution in [-0.2, 0) is 25.5 Å². The first-order valence-corrected chi connectivity index (χ1v) is 15.5. The lowest BCUT2D eigenvalue weighted by molar-refractivity contribution is 0.286. The van der Waals surface area contributed by atoms with Crippen molar-refractivity contribution in [1.29, 1.82) is 0 Å². The van der Waals surface area contributed by atoms with E-state index >= 15 is 0 Å². The number of hydrogen-bond donors (Lipinski definition) is 1. The Bertz CT molecular complexity index is 1560. The van der Waals surface area contributed by atoms with E-state index < -0.39 is 20.0 Å². The van der Waals surface area contributed by atoms with Gasteiger partial charge in [-0.25, -0.2) is 25.5 Å². The Balaban J connectivity index is 1.35. The van der Waals surface area contributed by atoms with Crippen LogP contribution in [0.15, 0.2) is 76.5 Å². The molecular weight excluding hydrogens is 525 g/mol. The van der Waals surface area contributed by atoms with Gasteiger partial charge in [-0.1, -0.05) is 24.3 Å². The van der Waals surface area contributed by atoms with Crippen LogP contribution in [0.1, 0.15) is 42.7 Å². The molecule has 1 saturated carbocycles. The molecule has 10 heteroatoms. The summed E-state index contributed by atoms with van der Waals surface area (Å²) >= 11 is 0. The average molecular weight is 558 g/mol. The van der Waals surface area contributed by atoms with E-state index in [4.69, 9.17) is 0 Å². The molecule has 1 fully saturated rings. The standard InChI is InChI=1S/C28H32FN3O4S2/c1-31(2)38(35,36)23-11-9-22(10-12-23)37(33,34)30-26-7-5-4-6-24(26)20-14-16-28(17-15-20)19-32(3)27-18-21(29)8-13-25(27)28/h4-13,18,20,30H,14-17,19H2,1-3H3. The van der Waals surface area contributed by atoms with Crippen molar-refractivity contribution < 1.29 is 21.2 Å². The molecule has 1 spiro atoms. The zero-order valence-corrected chi connectivity index (χ0v) is 23.3. The number of halogens is 1. The number of rotatable bonds is 6. The van der Waals surface area contributed by atoms with Gasteiger partial charge in [0.2, 0.25) is 10.0 Å². The van der Waals surface area contributed by atoms with Crippen LogP contribution in [0.5, 0.6) is 0 Å². The molecule has 0 amide bonds. The van der Waals surface area contributed by atoms with E-state index in [-0.39, 0.29) is 26.9 Å². The lowest BCUT2D eigenvalue weighted by Crippen LogP contribution is -2.35. The molecule has 2 aliphatic rings. The molecule has 0 aromatic heterocycles. The summed E-state index contributed by atoms with van der Waals surface area (Å²) in [6.07, 6.45) is 3.65. The van der Waals surface area contributed by atoms with Crippen molar-refractivity contribution in [2.75, 3.05) is 37.3 Å². The third-order valence-electron chi connectivity index (χ3n) is 7.98. The number of hydrogen-bond acceptors (Lipinski definition) is 5. The van der Waals surface area contributed by atoms with Crippen molar-refractivity contribution in [2.24, 2.45) is 0 Å². The molecule has 1 aliphatic carbocycles. The van der Waals surface area contributed by atoms with Crippen molar-refractivity contribution in [2.45, 2.75) is 46.8 Å². The second kappa shape index (κ2) is 9.66. The summed E-state index contributed by atoms with van der Waals surface area (Å²) in [5.74, 6) is -0.0431. The molecular formula is C28H32FN3O4S2. The van der Waals surface area contributed by atoms with Gasteiger partial charge in [-0.2, -0.15) is 0 Å². The molecule has 0 atom stereocenters. The van der Waals surface area contributed by atoms with E-state index in [1.165, 1.54) is 43.9 Å². The number of fused-ring (bicyclic) bond motifs is 2. The Hall–Kier alpha value is -2.95. The van der Waals surface area contributed by atoms with Crippen LogP contribution in [0.2, 0.25) is 0 Å². The van der Waals surface area contributed by atoms with Gasteiger partial charge in [0, 0.05) is 38.8 Å². The van der Waals surface area contributed by atoms with Gasteiger partial charge in [-0.3, -0.25) is 4.72 Å². The summed E-state index contributed by atoms with van der Waals surface area (Å²) in [4.78, 5) is 2.15. The van der Waals surface area contributed by atoms with E-state index in [1.54, 1.807) is 24.3 Å². The molecule has 3 aromatic carbocycles. The molecule has 1 aliphatic heterocycles. The molecule has 3 aromatic rings. The third-order valence-corrected chi connectivity index (χ3v) is 11.2. The van der Waals surface area contributed by atoms with E-state index in [0.717, 1.165) is 47.8 Å². The predicted octanol–water partition coefficient (Wildman–Crippen LogP) is 4.92. The van der Waals surface area contributed by atoms with Crippen molar-refractivity contribution in [3.8, 4) is 0 Å². The van der Waals surface area contributed by atoms with Crippen molar-refractivity contribution >= 4 is 31.4 Å². The van der Waals surface area contributed by atoms with Crippen LogP contribution < -0.4 is 9.62 Å². The summed E-state index contributed by atoms with van der Waals surface area (Å²) in [6.45, 7) is 0.853. The van der Waals surface area contributed by atoms with Gasteiger partial charge in [0.25, 0.3) is 10.0 Å². The normalized spacial score (nSPS) is 21.6. The highest BCUT2D eigenvalue weighted by Crippen LogP contribution is 2.52. The van der Waals surface area contributed by atoms with Gasteiger partial charge in [0.15, 0.2) is 0 Å². The summed E-state index contributed by atoms with van der Waals surface area (Å²) in [5, 5.41) is 0. The lowest BCUT2D eigenvalue weighted by Gasteiger charge is -2.38. The quantitative estimate of drug-likeness (QED) is 0.465. The lowest BCUT2D eigenvalue weighted by atomic mass is 9.66. The minimum absolute atomic E-state index is 0.00885. The second-order valence-electron chi connectivity index (χ2n) is 10.5. The number of nitrogens with zero attached hydrogens (tertiary/aromatic N) is 2. The number of sulfonamides is 2. The Morgan fingerprint density at radius 2 is 1.55 bits per heavy atom. The minimum atomic E-state index is -3.93. The van der Waals surface area contributed by atoms with Gasteiger partial charge >= 0.3 is 0 Å². The Kier molecular flexibility index (Phi) is 6.77. The SMILES string of the molecule is CN1CC2(CCC(c3ccccc3NS(=O)(=O)c3ccc(S(=O)(=O)N(C)C)cc3)CC2)c2ccc(F)cc21. The van der Waals surface area contributed by atoms with E-state index in [0.29, 0.717) is 5.69 Å². The first-order valence-electron chi connectivity index (χ1n) is 12.6. The summed E-state index contributed by atoms with van der Waals surface area (Å²) < 4.78 is 68.8. The molecule has 0 radical (unpaired) electrons. The summed E-state index contributed by atoms with van der Waals surface area (Å²) in [5.41, 5.74) is 3.62. The fourth-order valence-corrected chi connectivity index (χ4v) is 7.94. The van der Waals surface area contributed by atoms with E-state index in [9.17, 15) is 21.2 Å². The van der Waals surface area contributed by atoms with Crippen molar-refractivity contribution in [3.63, 3.8) is 0 Å². The van der Waals surface area contributed by atoms with Gasteiger partial charge in [-0.15, -0.1) is 0 Å². The monoisotopic (exact) mass is 557 g/mol. The Morgan fingerprint density at radius 3 is 2.21 bits per heavy atom. The molecule has 1 N–H and O–H groups in total. The highest BCUT2D eigenvalue weighted by atomic mass is 32.2. The van der Waals surface area contributed by atoms with Gasteiger partial charge in [-0.05, 0) is 85.2 Å². The number of nitrogens with one attached hydrogen (secondary N) is 1. The fourth-order valence-electron chi connectivity index (χ4n) is 5.95. The van der Waals surface area contributed by atoms with Crippen LogP contribution >= 0.6 is 0 Å². The molecule has 0 unspecified atom stereocenters. The number of para-hydroxylation sites is 1. The first-order chi connectivity index (χ1) is 17.9. The maximum atomic E-state index is 13.9. The highest BCUT2D eigenvalue weighted by Gasteiger charge is 2.44. The van der Waals surface area contributed by atoms with Crippen LogP contribution in [-0.4, -0.2) is 48.8 Å². The molecule has 38 heavy (non-hydrogen) atoms. The molecule has 202 valence electrons. The van der Waals surface area contributed by atoms with E-state index in [1.807, 2.05) is 25.2 Å². The third kappa shape index (κ3) is 4.69.